The van der Waals surface area contributed by atoms with Crippen LogP contribution < -0.4 is 4.74 Å². The van der Waals surface area contributed by atoms with E-state index in [1.807, 2.05) is 0 Å². The third-order valence-corrected chi connectivity index (χ3v) is 4.48. The Labute approximate surface area is 158 Å². The van der Waals surface area contributed by atoms with Gasteiger partial charge in [0.25, 0.3) is 0 Å². The fraction of sp³-hybridized carbons (Fsp3) is 0.682. The van der Waals surface area contributed by atoms with Crippen molar-refractivity contribution in [1.29, 1.82) is 0 Å². The molecule has 0 aliphatic carbocycles. The molecule has 26 heavy (non-hydrogen) atoms. The second kappa shape index (κ2) is 9.40. The third kappa shape index (κ3) is 6.64. The Morgan fingerprint density at radius 1 is 1.15 bits per heavy atom. The van der Waals surface area contributed by atoms with Crippen molar-refractivity contribution in [3.63, 3.8) is 0 Å². The number of esters is 1. The van der Waals surface area contributed by atoms with Crippen LogP contribution in [0.2, 0.25) is 0 Å². The number of aryl methyl sites for hydroxylation is 2. The first kappa shape index (κ1) is 22.5. The fourth-order valence-corrected chi connectivity index (χ4v) is 3.80. The van der Waals surface area contributed by atoms with E-state index in [0.717, 1.165) is 24.2 Å². The van der Waals surface area contributed by atoms with Gasteiger partial charge >= 0.3 is 5.97 Å². The van der Waals surface area contributed by atoms with E-state index in [0.29, 0.717) is 12.8 Å². The average Bonchev–Trinajstić information content (AvgIpc) is 2.54. The fourth-order valence-electron chi connectivity index (χ4n) is 3.80. The Hall–Kier alpha value is -1.55. The molecule has 0 aliphatic heterocycles. The monoisotopic (exact) mass is 364 g/mol. The summed E-state index contributed by atoms with van der Waals surface area (Å²) in [6.45, 7) is 13.3. The molecule has 0 bridgehead atoms. The molecule has 1 aromatic rings. The number of hydrogen-bond donors (Lipinski definition) is 1. The highest BCUT2D eigenvalue weighted by Gasteiger charge is 2.31. The van der Waals surface area contributed by atoms with Gasteiger partial charge in [-0.15, -0.1) is 0 Å². The summed E-state index contributed by atoms with van der Waals surface area (Å²) in [5.74, 6) is 0.691. The molecule has 0 aliphatic rings. The van der Waals surface area contributed by atoms with Crippen LogP contribution in [0.4, 0.5) is 0 Å². The molecule has 0 saturated heterocycles. The van der Waals surface area contributed by atoms with Gasteiger partial charge in [-0.25, -0.2) is 0 Å². The number of aliphatic hydroxyl groups excluding tert-OH is 1. The summed E-state index contributed by atoms with van der Waals surface area (Å²) in [5, 5.41) is 8.75. The van der Waals surface area contributed by atoms with Crippen molar-refractivity contribution >= 4 is 5.97 Å². The Balaban J connectivity index is 3.17. The van der Waals surface area contributed by atoms with Crippen LogP contribution in [0.25, 0.3) is 0 Å². The Kier molecular flexibility index (Phi) is 8.14. The molecule has 0 amide bonds. The number of ether oxygens (including phenoxy) is 2. The van der Waals surface area contributed by atoms with Crippen molar-refractivity contribution in [2.24, 2.45) is 5.41 Å². The molecule has 0 aromatic heterocycles. The molecule has 0 unspecified atom stereocenters. The van der Waals surface area contributed by atoms with E-state index < -0.39 is 0 Å². The predicted molar refractivity (Wildman–Crippen MR) is 106 cm³/mol. The smallest absolute Gasteiger partial charge is 0.306 e. The maximum Gasteiger partial charge on any atom is 0.306 e. The van der Waals surface area contributed by atoms with E-state index in [2.05, 4.69) is 53.7 Å². The number of rotatable bonds is 9. The summed E-state index contributed by atoms with van der Waals surface area (Å²) in [4.78, 5) is 11.8. The van der Waals surface area contributed by atoms with Gasteiger partial charge < -0.3 is 14.6 Å². The molecule has 0 saturated carbocycles. The van der Waals surface area contributed by atoms with E-state index in [9.17, 15) is 4.79 Å². The number of methoxy groups -OCH3 is 1. The van der Waals surface area contributed by atoms with Gasteiger partial charge in [0.15, 0.2) is 0 Å². The number of hydrogen-bond acceptors (Lipinski definition) is 4. The quantitative estimate of drug-likeness (QED) is 0.658. The maximum absolute atomic E-state index is 11.8. The molecule has 0 atom stereocenters. The Bertz CT molecular complexity index is 597. The first-order chi connectivity index (χ1) is 12.0. The molecule has 0 heterocycles. The Morgan fingerprint density at radius 3 is 2.31 bits per heavy atom. The summed E-state index contributed by atoms with van der Waals surface area (Å²) < 4.78 is 10.7. The molecule has 0 radical (unpaired) electrons. The first-order valence-corrected chi connectivity index (χ1v) is 9.51. The topological polar surface area (TPSA) is 55.8 Å². The molecule has 4 nitrogen and oxygen atoms in total. The lowest BCUT2D eigenvalue weighted by Gasteiger charge is -2.35. The number of benzene rings is 1. The number of carbonyl (C=O) groups is 1. The highest BCUT2D eigenvalue weighted by Crippen LogP contribution is 2.42. The lowest BCUT2D eigenvalue weighted by atomic mass is 9.71. The molecule has 0 spiro atoms. The number of carbonyl (C=O) groups excluding carboxylic acids is 1. The van der Waals surface area contributed by atoms with Gasteiger partial charge in [0, 0.05) is 12.0 Å². The van der Waals surface area contributed by atoms with Gasteiger partial charge in [-0.3, -0.25) is 4.79 Å². The van der Waals surface area contributed by atoms with Crippen molar-refractivity contribution in [2.45, 2.75) is 72.6 Å². The maximum atomic E-state index is 11.8. The van der Waals surface area contributed by atoms with Gasteiger partial charge in [-0.1, -0.05) is 53.7 Å². The normalized spacial score (nSPS) is 12.2. The lowest BCUT2D eigenvalue weighted by molar-refractivity contribution is -0.144. The Morgan fingerprint density at radius 2 is 1.81 bits per heavy atom. The van der Waals surface area contributed by atoms with Crippen LogP contribution >= 0.6 is 0 Å². The minimum Gasteiger partial charge on any atom is -0.496 e. The molecule has 1 rings (SSSR count). The van der Waals surface area contributed by atoms with Gasteiger partial charge in [0.05, 0.1) is 13.7 Å². The van der Waals surface area contributed by atoms with E-state index in [1.54, 1.807) is 7.11 Å². The zero-order valence-electron chi connectivity index (χ0n) is 17.6. The molecule has 4 heteroatoms. The van der Waals surface area contributed by atoms with Crippen LogP contribution in [0.5, 0.6) is 5.75 Å². The summed E-state index contributed by atoms with van der Waals surface area (Å²) >= 11 is 0. The summed E-state index contributed by atoms with van der Waals surface area (Å²) in [7, 11) is 1.73. The van der Waals surface area contributed by atoms with Crippen LogP contribution in [-0.2, 0) is 27.8 Å². The first-order valence-electron chi connectivity index (χ1n) is 9.51. The molecule has 0 fully saturated rings. The predicted octanol–water partition coefficient (Wildman–Crippen LogP) is 4.44. The zero-order valence-corrected chi connectivity index (χ0v) is 17.6. The van der Waals surface area contributed by atoms with Crippen molar-refractivity contribution in [2.75, 3.05) is 20.3 Å². The zero-order chi connectivity index (χ0) is 20.0. The average molecular weight is 365 g/mol. The second-order valence-electron chi connectivity index (χ2n) is 8.75. The summed E-state index contributed by atoms with van der Waals surface area (Å²) in [5.41, 5.74) is 3.66. The molecular weight excluding hydrogens is 328 g/mol. The van der Waals surface area contributed by atoms with Crippen LogP contribution in [0.1, 0.15) is 71.1 Å². The standard InChI is InChI=1S/C22H36O4/c1-8-17-13-16(9-10-19(24)26-12-11-23)14-18(20(17)25-7)22(5,6)15-21(2,3)4/h13-14,23H,8-12,15H2,1-7H3. The van der Waals surface area contributed by atoms with Crippen LogP contribution in [0.15, 0.2) is 12.1 Å². The van der Waals surface area contributed by atoms with Crippen molar-refractivity contribution in [3.05, 3.63) is 28.8 Å². The third-order valence-electron chi connectivity index (χ3n) is 4.48. The number of aliphatic hydroxyl groups is 1. The highest BCUT2D eigenvalue weighted by atomic mass is 16.5. The molecular formula is C22H36O4. The lowest BCUT2D eigenvalue weighted by Crippen LogP contribution is -2.26. The van der Waals surface area contributed by atoms with Gasteiger partial charge in [-0.2, -0.15) is 0 Å². The summed E-state index contributed by atoms with van der Waals surface area (Å²) in [6.07, 6.45) is 2.85. The minimum absolute atomic E-state index is 0.0408. The van der Waals surface area contributed by atoms with Crippen LogP contribution in [-0.4, -0.2) is 31.4 Å². The van der Waals surface area contributed by atoms with E-state index >= 15 is 0 Å². The van der Waals surface area contributed by atoms with Gasteiger partial charge in [0.1, 0.15) is 12.4 Å². The second-order valence-corrected chi connectivity index (χ2v) is 8.75. The van der Waals surface area contributed by atoms with E-state index in [4.69, 9.17) is 14.6 Å². The van der Waals surface area contributed by atoms with E-state index in [1.165, 1.54) is 11.1 Å². The van der Waals surface area contributed by atoms with Gasteiger partial charge in [0.2, 0.25) is 0 Å². The largest absolute Gasteiger partial charge is 0.496 e. The highest BCUT2D eigenvalue weighted by molar-refractivity contribution is 5.69. The molecule has 1 N–H and O–H groups in total. The molecule has 148 valence electrons. The van der Waals surface area contributed by atoms with Crippen molar-refractivity contribution in [3.8, 4) is 5.75 Å². The van der Waals surface area contributed by atoms with Crippen molar-refractivity contribution < 1.29 is 19.4 Å². The van der Waals surface area contributed by atoms with Crippen LogP contribution in [0.3, 0.4) is 0 Å². The molecule has 1 aromatic carbocycles. The van der Waals surface area contributed by atoms with Crippen LogP contribution in [0, 0.1) is 5.41 Å². The van der Waals surface area contributed by atoms with E-state index in [-0.39, 0.29) is 30.0 Å². The van der Waals surface area contributed by atoms with Crippen molar-refractivity contribution in [1.82, 2.24) is 0 Å². The SMILES string of the molecule is CCc1cc(CCC(=O)OCCO)cc(C(C)(C)CC(C)(C)C)c1OC. The summed E-state index contributed by atoms with van der Waals surface area (Å²) in [6, 6.07) is 4.32. The van der Waals surface area contributed by atoms with Gasteiger partial charge in [-0.05, 0) is 41.2 Å². The minimum atomic E-state index is -0.275.